The van der Waals surface area contributed by atoms with E-state index < -0.39 is 28.7 Å². The average molecular weight is 438 g/mol. The molecular formula is C18H13Cl2N3O6. The van der Waals surface area contributed by atoms with E-state index in [9.17, 15) is 19.7 Å². The zero-order chi connectivity index (χ0) is 21.3. The minimum atomic E-state index is -0.942. The predicted molar refractivity (Wildman–Crippen MR) is 104 cm³/mol. The number of hydrogen-bond acceptors (Lipinski definition) is 7. The molecule has 3 rings (SSSR count). The summed E-state index contributed by atoms with van der Waals surface area (Å²) in [6.07, 6.45) is -0.942. The third kappa shape index (κ3) is 4.30. The van der Waals surface area contributed by atoms with E-state index in [1.165, 1.54) is 13.0 Å². The third-order valence-corrected chi connectivity index (χ3v) is 4.30. The van der Waals surface area contributed by atoms with Gasteiger partial charge in [0.25, 0.3) is 0 Å². The highest BCUT2D eigenvalue weighted by Crippen LogP contribution is 2.39. The molecule has 0 aliphatic carbocycles. The lowest BCUT2D eigenvalue weighted by Gasteiger charge is -2.19. The van der Waals surface area contributed by atoms with E-state index in [0.29, 0.717) is 10.6 Å². The van der Waals surface area contributed by atoms with Crippen LogP contribution in [-0.2, 0) is 14.3 Å². The molecule has 1 heterocycles. The van der Waals surface area contributed by atoms with E-state index in [2.05, 4.69) is 5.10 Å². The molecular weight excluding hydrogens is 425 g/mol. The molecule has 1 aliphatic heterocycles. The number of halogens is 2. The van der Waals surface area contributed by atoms with Crippen molar-refractivity contribution in [2.75, 3.05) is 0 Å². The molecule has 0 saturated carbocycles. The first-order valence-corrected chi connectivity index (χ1v) is 8.90. The summed E-state index contributed by atoms with van der Waals surface area (Å²) >= 11 is 11.9. The number of carbonyl (C=O) groups is 2. The first-order chi connectivity index (χ1) is 13.7. The number of carbonyl (C=O) groups excluding carboxylic acids is 2. The van der Waals surface area contributed by atoms with Crippen molar-refractivity contribution < 1.29 is 24.0 Å². The number of hydrazone groups is 1. The maximum Gasteiger partial charge on any atom is 0.314 e. The van der Waals surface area contributed by atoms with Crippen LogP contribution in [0.25, 0.3) is 0 Å². The van der Waals surface area contributed by atoms with Gasteiger partial charge in [0.1, 0.15) is 0 Å². The Kier molecular flexibility index (Phi) is 5.71. The van der Waals surface area contributed by atoms with Crippen LogP contribution in [-0.4, -0.2) is 27.7 Å². The Morgan fingerprint density at radius 2 is 1.83 bits per heavy atom. The van der Waals surface area contributed by atoms with Crippen LogP contribution in [0.3, 0.4) is 0 Å². The summed E-state index contributed by atoms with van der Waals surface area (Å²) in [6.45, 7) is 2.38. The molecule has 0 saturated heterocycles. The molecule has 0 spiro atoms. The maximum absolute atomic E-state index is 12.1. The quantitative estimate of drug-likeness (QED) is 0.308. The standard InChI is InChI=1S/C18H13Cl2N3O6/c1-9(24)22-18(11-3-5-12(19)6-4-11)29-17(21-22)14-7-13(20)8-15(23(26)27)16(14)28-10(2)25/h3-8,18H,1-2H3/t18-/m1/s1. The molecule has 2 aromatic carbocycles. The fraction of sp³-hybridized carbons (Fsp3) is 0.167. The normalized spacial score (nSPS) is 15.5. The fourth-order valence-electron chi connectivity index (χ4n) is 2.64. The van der Waals surface area contributed by atoms with Crippen molar-refractivity contribution in [2.24, 2.45) is 5.10 Å². The van der Waals surface area contributed by atoms with Crippen LogP contribution in [0.2, 0.25) is 10.0 Å². The van der Waals surface area contributed by atoms with Gasteiger partial charge >= 0.3 is 11.7 Å². The van der Waals surface area contributed by atoms with E-state index in [4.69, 9.17) is 32.7 Å². The van der Waals surface area contributed by atoms with Crippen molar-refractivity contribution in [3.63, 3.8) is 0 Å². The molecule has 1 atom stereocenters. The molecule has 0 aromatic heterocycles. The van der Waals surface area contributed by atoms with Crippen molar-refractivity contribution in [3.8, 4) is 5.75 Å². The summed E-state index contributed by atoms with van der Waals surface area (Å²) < 4.78 is 10.8. The van der Waals surface area contributed by atoms with E-state index in [0.717, 1.165) is 18.0 Å². The summed E-state index contributed by atoms with van der Waals surface area (Å²) in [5, 5.41) is 17.1. The Bertz CT molecular complexity index is 1040. The number of nitrogens with zero attached hydrogens (tertiary/aromatic N) is 3. The van der Waals surface area contributed by atoms with Crippen molar-refractivity contribution in [3.05, 3.63) is 67.7 Å². The monoisotopic (exact) mass is 437 g/mol. The van der Waals surface area contributed by atoms with Gasteiger partial charge in [0.05, 0.1) is 10.5 Å². The van der Waals surface area contributed by atoms with E-state index in [1.54, 1.807) is 24.3 Å². The fourth-order valence-corrected chi connectivity index (χ4v) is 2.98. The number of esters is 1. The Balaban J connectivity index is 2.11. The van der Waals surface area contributed by atoms with Gasteiger partial charge in [0.2, 0.25) is 23.8 Å². The lowest BCUT2D eigenvalue weighted by Crippen LogP contribution is -2.25. The largest absolute Gasteiger partial charge is 0.446 e. The highest BCUT2D eigenvalue weighted by atomic mass is 35.5. The summed E-state index contributed by atoms with van der Waals surface area (Å²) in [7, 11) is 0. The second-order valence-corrected chi connectivity index (χ2v) is 6.82. The Labute approximate surface area is 174 Å². The molecule has 2 aromatic rings. The molecule has 0 N–H and O–H groups in total. The van der Waals surface area contributed by atoms with Gasteiger partial charge in [-0.25, -0.2) is 0 Å². The van der Waals surface area contributed by atoms with Gasteiger partial charge < -0.3 is 9.47 Å². The first kappa shape index (κ1) is 20.6. The number of nitro benzene ring substituents is 1. The molecule has 1 aliphatic rings. The third-order valence-electron chi connectivity index (χ3n) is 3.83. The molecule has 0 bridgehead atoms. The zero-order valence-electron chi connectivity index (χ0n) is 15.1. The minimum absolute atomic E-state index is 0.00165. The van der Waals surface area contributed by atoms with Crippen LogP contribution in [0.4, 0.5) is 5.69 Å². The lowest BCUT2D eigenvalue weighted by atomic mass is 10.1. The number of hydrogen-bond donors (Lipinski definition) is 0. The summed E-state index contributed by atoms with van der Waals surface area (Å²) in [5.74, 6) is -1.77. The van der Waals surface area contributed by atoms with Crippen LogP contribution in [0.5, 0.6) is 5.75 Å². The highest BCUT2D eigenvalue weighted by molar-refractivity contribution is 6.31. The topological polar surface area (TPSA) is 111 Å². The van der Waals surface area contributed by atoms with Crippen molar-refractivity contribution in [2.45, 2.75) is 20.1 Å². The molecule has 1 amide bonds. The number of benzene rings is 2. The minimum Gasteiger partial charge on any atom is -0.446 e. The SMILES string of the molecule is CC(=O)Oc1c(C2=NN(C(C)=O)[C@@H](c3ccc(Cl)cc3)O2)cc(Cl)cc1[N+](=O)[O-]. The molecule has 0 unspecified atom stereocenters. The first-order valence-electron chi connectivity index (χ1n) is 8.14. The van der Waals surface area contributed by atoms with E-state index in [-0.39, 0.29) is 22.2 Å². The van der Waals surface area contributed by atoms with Gasteiger partial charge in [-0.1, -0.05) is 35.3 Å². The predicted octanol–water partition coefficient (Wildman–Crippen LogP) is 4.07. The Hall–Kier alpha value is -3.17. The number of rotatable bonds is 4. The summed E-state index contributed by atoms with van der Waals surface area (Å²) in [6, 6.07) is 8.87. The van der Waals surface area contributed by atoms with Gasteiger partial charge in [-0.2, -0.15) is 5.01 Å². The van der Waals surface area contributed by atoms with Crippen LogP contribution >= 0.6 is 23.2 Å². The van der Waals surface area contributed by atoms with Crippen molar-refractivity contribution in [1.82, 2.24) is 5.01 Å². The summed E-state index contributed by atoms with van der Waals surface area (Å²) in [4.78, 5) is 34.2. The second-order valence-electron chi connectivity index (χ2n) is 5.94. The van der Waals surface area contributed by atoms with Crippen LogP contribution in [0.1, 0.15) is 31.2 Å². The molecule has 29 heavy (non-hydrogen) atoms. The molecule has 0 radical (unpaired) electrons. The average Bonchev–Trinajstić information content (AvgIpc) is 3.08. The second kappa shape index (κ2) is 8.06. The van der Waals surface area contributed by atoms with Crippen molar-refractivity contribution >= 4 is 46.7 Å². The highest BCUT2D eigenvalue weighted by Gasteiger charge is 2.36. The number of ether oxygens (including phenoxy) is 2. The Morgan fingerprint density at radius 3 is 2.38 bits per heavy atom. The maximum atomic E-state index is 12.1. The summed E-state index contributed by atoms with van der Waals surface area (Å²) in [5.41, 5.74) is -0.0191. The number of nitro groups is 1. The van der Waals surface area contributed by atoms with E-state index >= 15 is 0 Å². The van der Waals surface area contributed by atoms with Gasteiger partial charge in [-0.3, -0.25) is 19.7 Å². The molecule has 0 fully saturated rings. The van der Waals surface area contributed by atoms with Crippen molar-refractivity contribution in [1.29, 1.82) is 0 Å². The molecule has 150 valence electrons. The molecule has 11 heteroatoms. The van der Waals surface area contributed by atoms with Gasteiger partial charge in [-0.15, -0.1) is 5.10 Å². The van der Waals surface area contributed by atoms with Gasteiger partial charge in [0, 0.05) is 35.5 Å². The van der Waals surface area contributed by atoms with Gasteiger partial charge in [0.15, 0.2) is 0 Å². The van der Waals surface area contributed by atoms with Crippen LogP contribution in [0, 0.1) is 10.1 Å². The van der Waals surface area contributed by atoms with Crippen LogP contribution in [0.15, 0.2) is 41.5 Å². The van der Waals surface area contributed by atoms with E-state index in [1.807, 2.05) is 0 Å². The number of amides is 1. The Morgan fingerprint density at radius 1 is 1.17 bits per heavy atom. The lowest BCUT2D eigenvalue weighted by molar-refractivity contribution is -0.385. The molecule has 9 nitrogen and oxygen atoms in total. The smallest absolute Gasteiger partial charge is 0.314 e. The zero-order valence-corrected chi connectivity index (χ0v) is 16.6. The van der Waals surface area contributed by atoms with Gasteiger partial charge in [-0.05, 0) is 18.2 Å². The van der Waals surface area contributed by atoms with Crippen LogP contribution < -0.4 is 4.74 Å².